The van der Waals surface area contributed by atoms with Crippen LogP contribution in [0.1, 0.15) is 49.2 Å². The van der Waals surface area contributed by atoms with Gasteiger partial charge >= 0.3 is 0 Å². The Morgan fingerprint density at radius 1 is 1.33 bits per heavy atom. The smallest absolute Gasteiger partial charge is 0.0797 e. The quantitative estimate of drug-likeness (QED) is 0.936. The number of rotatable bonds is 4. The van der Waals surface area contributed by atoms with Crippen LogP contribution in [0.3, 0.4) is 0 Å². The molecule has 1 N–H and O–H groups in total. The Bertz CT molecular complexity index is 641. The second-order valence-electron chi connectivity index (χ2n) is 6.19. The van der Waals surface area contributed by atoms with Gasteiger partial charge in [0.15, 0.2) is 0 Å². The lowest BCUT2D eigenvalue weighted by Crippen LogP contribution is -2.19. The zero-order valence-corrected chi connectivity index (χ0v) is 13.0. The van der Waals surface area contributed by atoms with Gasteiger partial charge in [0.25, 0.3) is 0 Å². The van der Waals surface area contributed by atoms with Crippen LogP contribution < -0.4 is 0 Å². The van der Waals surface area contributed by atoms with Crippen molar-refractivity contribution in [3.63, 3.8) is 0 Å². The number of hydrogen-bond acceptors (Lipinski definition) is 3. The van der Waals surface area contributed by atoms with Gasteiger partial charge in [-0.2, -0.15) is 5.10 Å². The second kappa shape index (κ2) is 5.60. The summed E-state index contributed by atoms with van der Waals surface area (Å²) in [6, 6.07) is 3.91. The van der Waals surface area contributed by atoms with Crippen molar-refractivity contribution in [2.75, 3.05) is 0 Å². The first-order valence-electron chi connectivity index (χ1n) is 7.74. The van der Waals surface area contributed by atoms with Gasteiger partial charge < -0.3 is 5.11 Å². The average Bonchev–Trinajstić information content (AvgIpc) is 2.74. The summed E-state index contributed by atoms with van der Waals surface area (Å²) in [5.74, 6) is 0.776. The first-order valence-corrected chi connectivity index (χ1v) is 7.74. The maximum Gasteiger partial charge on any atom is 0.0797 e. The first-order chi connectivity index (χ1) is 10.1. The molecule has 112 valence electrons. The zero-order valence-electron chi connectivity index (χ0n) is 13.0. The minimum Gasteiger partial charge on any atom is -0.389 e. The lowest BCUT2D eigenvalue weighted by atomic mass is 9.85. The van der Waals surface area contributed by atoms with Crippen molar-refractivity contribution < 1.29 is 5.11 Å². The molecule has 2 aromatic heterocycles. The molecular weight excluding hydrogens is 262 g/mol. The summed E-state index contributed by atoms with van der Waals surface area (Å²) < 4.78 is 2.09. The molecule has 0 aromatic carbocycles. The van der Waals surface area contributed by atoms with Crippen molar-refractivity contribution in [3.05, 3.63) is 35.3 Å². The number of nitrogens with zero attached hydrogens (tertiary/aromatic N) is 3. The van der Waals surface area contributed by atoms with Crippen molar-refractivity contribution in [2.45, 2.75) is 52.7 Å². The predicted octanol–water partition coefficient (Wildman–Crippen LogP) is 3.42. The molecule has 1 aliphatic rings. The van der Waals surface area contributed by atoms with Gasteiger partial charge in [0.2, 0.25) is 0 Å². The van der Waals surface area contributed by atoms with Gasteiger partial charge in [-0.25, -0.2) is 0 Å². The highest BCUT2D eigenvalue weighted by atomic mass is 16.3. The van der Waals surface area contributed by atoms with Crippen molar-refractivity contribution in [2.24, 2.45) is 5.92 Å². The van der Waals surface area contributed by atoms with Crippen LogP contribution in [0.5, 0.6) is 0 Å². The highest BCUT2D eigenvalue weighted by Gasteiger charge is 2.21. The van der Waals surface area contributed by atoms with E-state index in [1.54, 1.807) is 6.92 Å². The molecule has 1 fully saturated rings. The number of aromatic nitrogens is 3. The third-order valence-electron chi connectivity index (χ3n) is 4.53. The highest BCUT2D eigenvalue weighted by Crippen LogP contribution is 2.32. The summed E-state index contributed by atoms with van der Waals surface area (Å²) in [4.78, 5) is 4.64. The summed E-state index contributed by atoms with van der Waals surface area (Å²) in [6.07, 6.45) is 5.35. The van der Waals surface area contributed by atoms with E-state index in [1.165, 1.54) is 19.3 Å². The fraction of sp³-hybridized carbons (Fsp3) is 0.529. The normalized spacial score (nSPS) is 16.8. The summed E-state index contributed by atoms with van der Waals surface area (Å²) in [7, 11) is 0. The molecule has 0 spiro atoms. The Kier molecular flexibility index (Phi) is 3.81. The van der Waals surface area contributed by atoms with Gasteiger partial charge in [0, 0.05) is 29.1 Å². The van der Waals surface area contributed by atoms with Crippen molar-refractivity contribution in [1.29, 1.82) is 0 Å². The molecule has 1 unspecified atom stereocenters. The Balaban J connectivity index is 1.98. The minimum absolute atomic E-state index is 0.525. The fourth-order valence-corrected chi connectivity index (χ4v) is 2.90. The van der Waals surface area contributed by atoms with Gasteiger partial charge in [-0.3, -0.25) is 9.67 Å². The van der Waals surface area contributed by atoms with Gasteiger partial charge in [-0.15, -0.1) is 0 Å². The van der Waals surface area contributed by atoms with E-state index in [-0.39, 0.29) is 0 Å². The summed E-state index contributed by atoms with van der Waals surface area (Å²) in [5.41, 5.74) is 4.87. The Morgan fingerprint density at radius 2 is 2.10 bits per heavy atom. The number of hydrogen-bond donors (Lipinski definition) is 1. The SMILES string of the molecule is Cc1ccc(C(C)O)c(-c2cnn(CC3CCC3)c2C)n1. The third kappa shape index (κ3) is 2.72. The van der Waals surface area contributed by atoms with E-state index in [2.05, 4.69) is 21.7 Å². The van der Waals surface area contributed by atoms with Crippen molar-refractivity contribution >= 4 is 0 Å². The Hall–Kier alpha value is -1.68. The van der Waals surface area contributed by atoms with Gasteiger partial charge in [0.1, 0.15) is 0 Å². The Labute approximate surface area is 125 Å². The molecule has 0 aliphatic heterocycles. The van der Waals surface area contributed by atoms with Crippen LogP contribution in [-0.2, 0) is 6.54 Å². The summed E-state index contributed by atoms with van der Waals surface area (Å²) >= 11 is 0. The van der Waals surface area contributed by atoms with Crippen LogP contribution in [0, 0.1) is 19.8 Å². The molecule has 0 saturated heterocycles. The number of aryl methyl sites for hydroxylation is 1. The molecule has 0 amide bonds. The molecule has 4 nitrogen and oxygen atoms in total. The average molecular weight is 285 g/mol. The third-order valence-corrected chi connectivity index (χ3v) is 4.53. The molecule has 4 heteroatoms. The summed E-state index contributed by atoms with van der Waals surface area (Å²) in [6.45, 7) is 6.85. The molecule has 3 rings (SSSR count). The molecule has 1 atom stereocenters. The zero-order chi connectivity index (χ0) is 15.0. The molecule has 1 aliphatic carbocycles. The van der Waals surface area contributed by atoms with Crippen LogP contribution in [-0.4, -0.2) is 19.9 Å². The van der Waals surface area contributed by atoms with Crippen LogP contribution in [0.25, 0.3) is 11.3 Å². The largest absolute Gasteiger partial charge is 0.389 e. The first kappa shape index (κ1) is 14.3. The van der Waals surface area contributed by atoms with E-state index in [1.807, 2.05) is 25.3 Å². The van der Waals surface area contributed by atoms with Gasteiger partial charge in [-0.05, 0) is 45.6 Å². The number of pyridine rings is 1. The van der Waals surface area contributed by atoms with Crippen LogP contribution in [0.15, 0.2) is 18.3 Å². The molecule has 1 saturated carbocycles. The lowest BCUT2D eigenvalue weighted by molar-refractivity contribution is 0.199. The van der Waals surface area contributed by atoms with E-state index in [0.29, 0.717) is 0 Å². The maximum atomic E-state index is 9.98. The Morgan fingerprint density at radius 3 is 2.71 bits per heavy atom. The molecule has 21 heavy (non-hydrogen) atoms. The molecule has 0 bridgehead atoms. The highest BCUT2D eigenvalue weighted by molar-refractivity contribution is 5.65. The lowest BCUT2D eigenvalue weighted by Gasteiger charge is -2.25. The van der Waals surface area contributed by atoms with Crippen LogP contribution in [0.4, 0.5) is 0 Å². The molecule has 2 heterocycles. The fourth-order valence-electron chi connectivity index (χ4n) is 2.90. The molecule has 2 aromatic rings. The predicted molar refractivity (Wildman–Crippen MR) is 82.9 cm³/mol. The van der Waals surface area contributed by atoms with Crippen LogP contribution in [0.2, 0.25) is 0 Å². The monoisotopic (exact) mass is 285 g/mol. The van der Waals surface area contributed by atoms with Gasteiger partial charge in [-0.1, -0.05) is 12.5 Å². The van der Waals surface area contributed by atoms with E-state index >= 15 is 0 Å². The van der Waals surface area contributed by atoms with E-state index < -0.39 is 6.10 Å². The summed E-state index contributed by atoms with van der Waals surface area (Å²) in [5, 5.41) is 14.5. The topological polar surface area (TPSA) is 50.9 Å². The minimum atomic E-state index is -0.525. The molecular formula is C17H23N3O. The van der Waals surface area contributed by atoms with Crippen molar-refractivity contribution in [1.82, 2.24) is 14.8 Å². The maximum absolute atomic E-state index is 9.98. The number of aliphatic hydroxyl groups excluding tert-OH is 1. The number of aliphatic hydroxyl groups is 1. The van der Waals surface area contributed by atoms with Crippen LogP contribution >= 0.6 is 0 Å². The van der Waals surface area contributed by atoms with E-state index in [0.717, 1.165) is 40.7 Å². The molecule has 0 radical (unpaired) electrons. The van der Waals surface area contributed by atoms with E-state index in [9.17, 15) is 5.11 Å². The van der Waals surface area contributed by atoms with E-state index in [4.69, 9.17) is 0 Å². The van der Waals surface area contributed by atoms with Gasteiger partial charge in [0.05, 0.1) is 18.0 Å². The standard InChI is InChI=1S/C17H23N3O/c1-11-7-8-15(13(3)21)17(19-11)16-9-18-20(12(16)2)10-14-5-4-6-14/h7-9,13-14,21H,4-6,10H2,1-3H3. The second-order valence-corrected chi connectivity index (χ2v) is 6.19. The van der Waals surface area contributed by atoms with Crippen molar-refractivity contribution in [3.8, 4) is 11.3 Å².